The molecule has 1 aliphatic heterocycles. The maximum absolute atomic E-state index is 12.3. The average molecular weight is 338 g/mol. The Morgan fingerprint density at radius 3 is 3.04 bits per heavy atom. The van der Waals surface area contributed by atoms with E-state index < -0.39 is 0 Å². The van der Waals surface area contributed by atoms with Crippen LogP contribution in [0, 0.1) is 0 Å². The van der Waals surface area contributed by atoms with Crippen LogP contribution < -0.4 is 10.6 Å². The lowest BCUT2D eigenvalue weighted by atomic mass is 10.1. The topological polar surface area (TPSA) is 103 Å². The first-order valence-corrected chi connectivity index (χ1v) is 8.14. The fraction of sp³-hybridized carbons (Fsp3) is 0.312. The molecule has 0 radical (unpaired) electrons. The highest BCUT2D eigenvalue weighted by atomic mass is 16.2. The number of carbonyl (C=O) groups excluding carboxylic acids is 1. The Labute approximate surface area is 144 Å². The molecule has 1 aliphatic rings. The molecule has 0 spiro atoms. The highest BCUT2D eigenvalue weighted by Crippen LogP contribution is 2.12. The number of nitrogens with one attached hydrogen (secondary N) is 2. The molecule has 25 heavy (non-hydrogen) atoms. The number of fused-ring (bicyclic) bond motifs is 1. The van der Waals surface area contributed by atoms with Gasteiger partial charge >= 0.3 is 6.03 Å². The fourth-order valence-electron chi connectivity index (χ4n) is 2.90. The van der Waals surface area contributed by atoms with E-state index >= 15 is 0 Å². The van der Waals surface area contributed by atoms with Crippen LogP contribution in [0.3, 0.4) is 0 Å². The summed E-state index contributed by atoms with van der Waals surface area (Å²) in [6, 6.07) is 7.25. The van der Waals surface area contributed by atoms with Crippen LogP contribution in [-0.4, -0.2) is 41.6 Å². The summed E-state index contributed by atoms with van der Waals surface area (Å²) in [5, 5.41) is 14.2. The van der Waals surface area contributed by atoms with Crippen molar-refractivity contribution in [2.45, 2.75) is 32.0 Å². The lowest BCUT2D eigenvalue weighted by Gasteiger charge is -2.23. The van der Waals surface area contributed by atoms with Crippen molar-refractivity contribution < 1.29 is 4.79 Å². The van der Waals surface area contributed by atoms with Gasteiger partial charge in [-0.05, 0) is 18.6 Å². The number of amides is 2. The maximum atomic E-state index is 12.3. The minimum atomic E-state index is -0.253. The standard InChI is InChI=1S/C16H18N8O/c25-16(21-13-4-5-14-18-11-20-23(14)10-13)22-15-6-8-19-24(15)9-12-3-1-2-7-17-12/h1-3,6-8,11,13H,4-5,9-10H2,(H2,21,22,25). The molecule has 0 aliphatic carbocycles. The Morgan fingerprint density at radius 2 is 2.16 bits per heavy atom. The Bertz CT molecular complexity index is 856. The van der Waals surface area contributed by atoms with Gasteiger partial charge in [-0.15, -0.1) is 0 Å². The van der Waals surface area contributed by atoms with Gasteiger partial charge in [-0.1, -0.05) is 6.07 Å². The predicted octanol–water partition coefficient (Wildman–Crippen LogP) is 1.05. The fourth-order valence-corrected chi connectivity index (χ4v) is 2.90. The van der Waals surface area contributed by atoms with E-state index in [1.54, 1.807) is 29.5 Å². The van der Waals surface area contributed by atoms with Crippen molar-refractivity contribution in [1.29, 1.82) is 0 Å². The van der Waals surface area contributed by atoms with Crippen molar-refractivity contribution >= 4 is 11.8 Å². The molecule has 2 N–H and O–H groups in total. The third-order valence-electron chi connectivity index (χ3n) is 4.14. The molecule has 3 aromatic rings. The Morgan fingerprint density at radius 1 is 1.20 bits per heavy atom. The molecule has 2 amide bonds. The first-order valence-electron chi connectivity index (χ1n) is 8.14. The Balaban J connectivity index is 1.36. The third kappa shape index (κ3) is 3.49. The Kier molecular flexibility index (Phi) is 4.11. The number of urea groups is 1. The van der Waals surface area contributed by atoms with Gasteiger partial charge in [-0.25, -0.2) is 19.1 Å². The van der Waals surface area contributed by atoms with E-state index in [9.17, 15) is 4.79 Å². The zero-order valence-electron chi connectivity index (χ0n) is 13.5. The summed E-state index contributed by atoms with van der Waals surface area (Å²) >= 11 is 0. The van der Waals surface area contributed by atoms with Crippen LogP contribution in [-0.2, 0) is 19.5 Å². The van der Waals surface area contributed by atoms with Gasteiger partial charge < -0.3 is 5.32 Å². The smallest absolute Gasteiger partial charge is 0.320 e. The van der Waals surface area contributed by atoms with Gasteiger partial charge in [0.25, 0.3) is 0 Å². The van der Waals surface area contributed by atoms with E-state index in [-0.39, 0.29) is 12.1 Å². The Hall–Kier alpha value is -3.23. The normalized spacial score (nSPS) is 16.2. The summed E-state index contributed by atoms with van der Waals surface area (Å²) in [7, 11) is 0. The third-order valence-corrected chi connectivity index (χ3v) is 4.14. The maximum Gasteiger partial charge on any atom is 0.320 e. The van der Waals surface area contributed by atoms with Crippen LogP contribution in [0.1, 0.15) is 17.9 Å². The monoisotopic (exact) mass is 338 g/mol. The highest BCUT2D eigenvalue weighted by Gasteiger charge is 2.21. The predicted molar refractivity (Wildman–Crippen MR) is 89.9 cm³/mol. The number of aromatic nitrogens is 6. The van der Waals surface area contributed by atoms with Crippen LogP contribution in [0.4, 0.5) is 10.6 Å². The van der Waals surface area contributed by atoms with Crippen molar-refractivity contribution in [2.24, 2.45) is 0 Å². The van der Waals surface area contributed by atoms with E-state index in [4.69, 9.17) is 0 Å². The van der Waals surface area contributed by atoms with Gasteiger partial charge in [-0.3, -0.25) is 10.3 Å². The van der Waals surface area contributed by atoms with Crippen LogP contribution >= 0.6 is 0 Å². The quantitative estimate of drug-likeness (QED) is 0.740. The molecule has 0 fully saturated rings. The van der Waals surface area contributed by atoms with Crippen LogP contribution in [0.15, 0.2) is 43.0 Å². The van der Waals surface area contributed by atoms with Crippen LogP contribution in [0.25, 0.3) is 0 Å². The zero-order chi connectivity index (χ0) is 17.1. The van der Waals surface area contributed by atoms with Crippen molar-refractivity contribution in [1.82, 2.24) is 34.8 Å². The van der Waals surface area contributed by atoms with E-state index in [0.29, 0.717) is 18.9 Å². The number of pyridine rings is 1. The van der Waals surface area contributed by atoms with Crippen molar-refractivity contribution in [3.63, 3.8) is 0 Å². The molecule has 1 atom stereocenters. The minimum Gasteiger partial charge on any atom is -0.333 e. The minimum absolute atomic E-state index is 0.0290. The molecule has 9 nitrogen and oxygen atoms in total. The largest absolute Gasteiger partial charge is 0.333 e. The summed E-state index contributed by atoms with van der Waals surface area (Å²) < 4.78 is 3.54. The van der Waals surface area contributed by atoms with Gasteiger partial charge in [0.15, 0.2) is 0 Å². The number of aryl methyl sites for hydroxylation is 1. The second kappa shape index (κ2) is 6.71. The van der Waals surface area contributed by atoms with Gasteiger partial charge in [0.2, 0.25) is 0 Å². The molecule has 0 saturated heterocycles. The lowest BCUT2D eigenvalue weighted by molar-refractivity contribution is 0.243. The SMILES string of the molecule is O=C(Nc1ccnn1Cc1ccccn1)NC1CCc2ncnn2C1. The first kappa shape index (κ1) is 15.3. The summed E-state index contributed by atoms with van der Waals surface area (Å²) in [6.07, 6.45) is 6.59. The molecule has 3 aromatic heterocycles. The summed E-state index contributed by atoms with van der Waals surface area (Å²) in [5.41, 5.74) is 0.876. The molecular formula is C16H18N8O. The zero-order valence-corrected chi connectivity index (χ0v) is 13.5. The van der Waals surface area contributed by atoms with E-state index in [1.807, 2.05) is 22.9 Å². The number of hydrogen-bond acceptors (Lipinski definition) is 5. The summed E-state index contributed by atoms with van der Waals surface area (Å²) in [4.78, 5) is 20.8. The van der Waals surface area contributed by atoms with Crippen LogP contribution in [0.5, 0.6) is 0 Å². The number of nitrogens with zero attached hydrogens (tertiary/aromatic N) is 6. The average Bonchev–Trinajstić information content (AvgIpc) is 3.25. The highest BCUT2D eigenvalue weighted by molar-refractivity contribution is 5.88. The van der Waals surface area contributed by atoms with E-state index in [1.165, 1.54) is 0 Å². The molecule has 0 bridgehead atoms. The van der Waals surface area contributed by atoms with Gasteiger partial charge in [0.1, 0.15) is 18.0 Å². The second-order valence-electron chi connectivity index (χ2n) is 5.89. The van der Waals surface area contributed by atoms with E-state index in [2.05, 4.69) is 30.8 Å². The molecule has 128 valence electrons. The van der Waals surface area contributed by atoms with Gasteiger partial charge in [0, 0.05) is 18.7 Å². The van der Waals surface area contributed by atoms with Crippen molar-refractivity contribution in [3.05, 3.63) is 54.5 Å². The number of anilines is 1. The molecule has 1 unspecified atom stereocenters. The van der Waals surface area contributed by atoms with Gasteiger partial charge in [-0.2, -0.15) is 10.2 Å². The number of rotatable bonds is 4. The summed E-state index contributed by atoms with van der Waals surface area (Å²) in [6.45, 7) is 1.13. The molecule has 4 rings (SSSR count). The molecule has 4 heterocycles. The number of carbonyl (C=O) groups is 1. The number of hydrogen-bond donors (Lipinski definition) is 2. The molecular weight excluding hydrogens is 320 g/mol. The summed E-state index contributed by atoms with van der Waals surface area (Å²) in [5.74, 6) is 1.59. The van der Waals surface area contributed by atoms with Crippen molar-refractivity contribution in [2.75, 3.05) is 5.32 Å². The molecule has 0 saturated carbocycles. The molecule has 9 heteroatoms. The van der Waals surface area contributed by atoms with Gasteiger partial charge in [0.05, 0.1) is 31.0 Å². The molecule has 0 aromatic carbocycles. The van der Waals surface area contributed by atoms with Crippen molar-refractivity contribution in [3.8, 4) is 0 Å². The second-order valence-corrected chi connectivity index (χ2v) is 5.89. The lowest BCUT2D eigenvalue weighted by Crippen LogP contribution is -2.43. The first-order chi connectivity index (χ1) is 12.3. The van der Waals surface area contributed by atoms with E-state index in [0.717, 1.165) is 24.4 Å². The van der Waals surface area contributed by atoms with Crippen LogP contribution in [0.2, 0.25) is 0 Å².